The van der Waals surface area contributed by atoms with Crippen molar-refractivity contribution in [3.63, 3.8) is 0 Å². The zero-order chi connectivity index (χ0) is 31.1. The van der Waals surface area contributed by atoms with Gasteiger partial charge in [-0.15, -0.1) is 5.10 Å². The lowest BCUT2D eigenvalue weighted by Gasteiger charge is -2.28. The van der Waals surface area contributed by atoms with E-state index in [9.17, 15) is 19.2 Å². The van der Waals surface area contributed by atoms with E-state index in [4.69, 9.17) is 4.74 Å². The van der Waals surface area contributed by atoms with Crippen LogP contribution in [0.5, 0.6) is 0 Å². The lowest BCUT2D eigenvalue weighted by molar-refractivity contribution is -0.122. The number of benzene rings is 2. The molecule has 0 saturated carbocycles. The fourth-order valence-electron chi connectivity index (χ4n) is 5.95. The van der Waals surface area contributed by atoms with E-state index in [2.05, 4.69) is 10.4 Å². The lowest BCUT2D eigenvalue weighted by atomic mass is 9.86. The van der Waals surface area contributed by atoms with Gasteiger partial charge in [0.05, 0.1) is 30.8 Å². The molecule has 2 aromatic carbocycles. The summed E-state index contributed by atoms with van der Waals surface area (Å²) in [4.78, 5) is 58.2. The molecule has 0 radical (unpaired) electrons. The predicted molar refractivity (Wildman–Crippen MR) is 164 cm³/mol. The van der Waals surface area contributed by atoms with Crippen molar-refractivity contribution in [2.24, 2.45) is 0 Å². The molecule has 0 spiro atoms. The molecule has 0 atom stereocenters. The molecule has 3 heterocycles. The van der Waals surface area contributed by atoms with Crippen molar-refractivity contribution in [3.8, 4) is 0 Å². The van der Waals surface area contributed by atoms with Gasteiger partial charge in [0.25, 0.3) is 5.91 Å². The van der Waals surface area contributed by atoms with Crippen molar-refractivity contribution in [1.82, 2.24) is 14.7 Å². The summed E-state index contributed by atoms with van der Waals surface area (Å²) in [7, 11) is 0. The number of carbonyl (C=O) groups is 4. The van der Waals surface area contributed by atoms with Crippen LogP contribution >= 0.6 is 0 Å². The predicted octanol–water partition coefficient (Wildman–Crippen LogP) is 5.31. The molecule has 43 heavy (non-hydrogen) atoms. The van der Waals surface area contributed by atoms with Gasteiger partial charge >= 0.3 is 12.1 Å². The summed E-state index contributed by atoms with van der Waals surface area (Å²) in [6, 6.07) is 12.8. The van der Waals surface area contributed by atoms with Gasteiger partial charge in [0.1, 0.15) is 0 Å². The standard InChI is InChI=1S/C32H38N6O5/c1-7-20-13-11-12-14-24(20)37(9-3)30(41)35-18-22-26(19-35)38(31(42)43-10-4)34-27(22)33-28(39)21-15-16-23-25(17-21)36(8-2)29(40)32(23,5)6/h11-17H,7-10,18-19H2,1-6H3,(H,33,34,39). The van der Waals surface area contributed by atoms with E-state index in [1.165, 1.54) is 0 Å². The number of anilines is 3. The number of nitrogens with one attached hydrogen (secondary N) is 1. The molecule has 4 amide bonds. The number of carbonyl (C=O) groups excluding carboxylic acids is 4. The number of ether oxygens (including phenoxy) is 1. The highest BCUT2D eigenvalue weighted by Crippen LogP contribution is 2.42. The first-order valence-corrected chi connectivity index (χ1v) is 14.8. The quantitative estimate of drug-likeness (QED) is 0.401. The van der Waals surface area contributed by atoms with Crippen molar-refractivity contribution in [3.05, 3.63) is 70.4 Å². The third-order valence-electron chi connectivity index (χ3n) is 8.25. The van der Waals surface area contributed by atoms with Gasteiger partial charge in [0, 0.05) is 35.6 Å². The van der Waals surface area contributed by atoms with E-state index in [0.29, 0.717) is 35.6 Å². The number of aromatic nitrogens is 2. The summed E-state index contributed by atoms with van der Waals surface area (Å²) in [5.74, 6) is -0.269. The molecule has 1 N–H and O–H groups in total. The van der Waals surface area contributed by atoms with Gasteiger partial charge in [-0.05, 0) is 70.4 Å². The normalized spacial score (nSPS) is 14.9. The van der Waals surface area contributed by atoms with E-state index < -0.39 is 17.4 Å². The Morgan fingerprint density at radius 3 is 2.47 bits per heavy atom. The molecule has 2 aliphatic heterocycles. The third-order valence-corrected chi connectivity index (χ3v) is 8.25. The Kier molecular flexibility index (Phi) is 8.00. The van der Waals surface area contributed by atoms with Crippen LogP contribution in [-0.2, 0) is 34.5 Å². The molecule has 0 bridgehead atoms. The van der Waals surface area contributed by atoms with Crippen LogP contribution < -0.4 is 15.1 Å². The molecule has 1 aromatic heterocycles. The zero-order valence-corrected chi connectivity index (χ0v) is 25.6. The topological polar surface area (TPSA) is 117 Å². The van der Waals surface area contributed by atoms with E-state index in [1.54, 1.807) is 33.8 Å². The van der Waals surface area contributed by atoms with E-state index in [1.807, 2.05) is 65.0 Å². The second-order valence-electron chi connectivity index (χ2n) is 11.1. The fourth-order valence-corrected chi connectivity index (χ4v) is 5.95. The maximum Gasteiger partial charge on any atom is 0.435 e. The van der Waals surface area contributed by atoms with Crippen LogP contribution in [0, 0.1) is 0 Å². The number of hydrogen-bond acceptors (Lipinski definition) is 6. The molecule has 3 aromatic rings. The van der Waals surface area contributed by atoms with Gasteiger partial charge in [-0.3, -0.25) is 14.5 Å². The van der Waals surface area contributed by atoms with Crippen LogP contribution in [0.1, 0.15) is 74.3 Å². The van der Waals surface area contributed by atoms with Crippen LogP contribution in [-0.4, -0.2) is 58.3 Å². The summed E-state index contributed by atoms with van der Waals surface area (Å²) in [6.45, 7) is 12.7. The highest BCUT2D eigenvalue weighted by atomic mass is 16.6. The summed E-state index contributed by atoms with van der Waals surface area (Å²) >= 11 is 0. The summed E-state index contributed by atoms with van der Waals surface area (Å²) in [5, 5.41) is 7.24. The maximum absolute atomic E-state index is 13.8. The Morgan fingerprint density at radius 2 is 1.79 bits per heavy atom. The number of rotatable bonds is 7. The van der Waals surface area contributed by atoms with Crippen LogP contribution in [0.4, 0.5) is 26.8 Å². The van der Waals surface area contributed by atoms with Crippen molar-refractivity contribution >= 4 is 41.1 Å². The van der Waals surface area contributed by atoms with Crippen LogP contribution in [0.15, 0.2) is 42.5 Å². The molecule has 11 nitrogen and oxygen atoms in total. The number of aryl methyl sites for hydroxylation is 1. The lowest BCUT2D eigenvalue weighted by Crippen LogP contribution is -2.41. The van der Waals surface area contributed by atoms with Gasteiger partial charge < -0.3 is 19.9 Å². The van der Waals surface area contributed by atoms with Gasteiger partial charge in [-0.25, -0.2) is 9.59 Å². The molecule has 0 fully saturated rings. The monoisotopic (exact) mass is 586 g/mol. The minimum absolute atomic E-state index is 0.0130. The first kappa shape index (κ1) is 29.8. The van der Waals surface area contributed by atoms with E-state index in [-0.39, 0.29) is 37.5 Å². The second kappa shape index (κ2) is 11.5. The van der Waals surface area contributed by atoms with Crippen LogP contribution in [0.25, 0.3) is 0 Å². The van der Waals surface area contributed by atoms with Crippen molar-refractivity contribution in [1.29, 1.82) is 0 Å². The molecular formula is C32H38N6O5. The van der Waals surface area contributed by atoms with Gasteiger partial charge in [0.2, 0.25) is 5.91 Å². The Bertz CT molecular complexity index is 1610. The highest BCUT2D eigenvalue weighted by molar-refractivity contribution is 6.10. The van der Waals surface area contributed by atoms with Gasteiger partial charge in [-0.1, -0.05) is 31.2 Å². The molecule has 0 saturated heterocycles. The molecule has 2 aliphatic rings. The van der Waals surface area contributed by atoms with E-state index >= 15 is 0 Å². The third kappa shape index (κ3) is 5.02. The van der Waals surface area contributed by atoms with Crippen molar-refractivity contribution in [2.75, 3.05) is 34.8 Å². The second-order valence-corrected chi connectivity index (χ2v) is 11.1. The average Bonchev–Trinajstić information content (AvgIpc) is 3.63. The number of hydrogen-bond donors (Lipinski definition) is 1. The minimum atomic E-state index is -0.686. The fraction of sp³-hybridized carbons (Fsp3) is 0.406. The Morgan fingerprint density at radius 1 is 1.05 bits per heavy atom. The summed E-state index contributed by atoms with van der Waals surface area (Å²) in [6.07, 6.45) is 0.0903. The highest BCUT2D eigenvalue weighted by Gasteiger charge is 2.43. The number of nitrogens with zero attached hydrogens (tertiary/aromatic N) is 5. The summed E-state index contributed by atoms with van der Waals surface area (Å²) < 4.78 is 6.35. The molecule has 11 heteroatoms. The van der Waals surface area contributed by atoms with Crippen molar-refractivity contribution in [2.45, 2.75) is 66.5 Å². The Labute approximate surface area is 251 Å². The summed E-state index contributed by atoms with van der Waals surface area (Å²) in [5.41, 5.74) is 4.19. The SMILES string of the molecule is CCOC(=O)n1nc(NC(=O)c2ccc3c(c2)N(CC)C(=O)C3(C)C)c2c1CN(C(=O)N(CC)c1ccccc1CC)C2. The zero-order valence-electron chi connectivity index (χ0n) is 25.6. The first-order chi connectivity index (χ1) is 20.6. The van der Waals surface area contributed by atoms with Gasteiger partial charge in [0.15, 0.2) is 5.82 Å². The Balaban J connectivity index is 1.44. The molecule has 226 valence electrons. The van der Waals surface area contributed by atoms with E-state index in [0.717, 1.165) is 27.9 Å². The Hall–Kier alpha value is -4.67. The number of urea groups is 1. The number of amides is 4. The number of fused-ring (bicyclic) bond motifs is 2. The molecule has 0 aliphatic carbocycles. The number of para-hydroxylation sites is 1. The van der Waals surface area contributed by atoms with Crippen LogP contribution in [0.3, 0.4) is 0 Å². The van der Waals surface area contributed by atoms with Crippen LogP contribution in [0.2, 0.25) is 0 Å². The smallest absolute Gasteiger partial charge is 0.435 e. The average molecular weight is 587 g/mol. The molecular weight excluding hydrogens is 548 g/mol. The molecule has 5 rings (SSSR count). The molecule has 0 unspecified atom stereocenters. The van der Waals surface area contributed by atoms with Gasteiger partial charge in [-0.2, -0.15) is 4.68 Å². The number of likely N-dealkylation sites (N-methyl/N-ethyl adjacent to an activating group) is 1. The minimum Gasteiger partial charge on any atom is -0.448 e. The first-order valence-electron chi connectivity index (χ1n) is 14.8. The maximum atomic E-state index is 13.8. The van der Waals surface area contributed by atoms with Crippen molar-refractivity contribution < 1.29 is 23.9 Å². The largest absolute Gasteiger partial charge is 0.448 e.